The van der Waals surface area contributed by atoms with Crippen LogP contribution in [-0.2, 0) is 19.7 Å². The monoisotopic (exact) mass is 385 g/mol. The Morgan fingerprint density at radius 3 is 2.11 bits per heavy atom. The van der Waals surface area contributed by atoms with Gasteiger partial charge in [0.15, 0.2) is 0 Å². The number of hydrogen-bond donors (Lipinski definition) is 0. The number of hydrogen-bond acceptors (Lipinski definition) is 5. The first-order chi connectivity index (χ1) is 13.0. The highest BCUT2D eigenvalue weighted by molar-refractivity contribution is 7.87. The molecular formula is C20H19NO5S. The van der Waals surface area contributed by atoms with E-state index >= 15 is 0 Å². The Labute approximate surface area is 157 Å². The van der Waals surface area contributed by atoms with Crippen LogP contribution < -0.4 is 9.08 Å². The van der Waals surface area contributed by atoms with Crippen LogP contribution in [0, 0.1) is 11.8 Å². The lowest BCUT2D eigenvalue weighted by Gasteiger charge is -2.19. The van der Waals surface area contributed by atoms with E-state index in [1.54, 1.807) is 30.3 Å². The van der Waals surface area contributed by atoms with E-state index in [0.29, 0.717) is 5.69 Å². The minimum Gasteiger partial charge on any atom is -0.379 e. The quantitative estimate of drug-likeness (QED) is 0.597. The van der Waals surface area contributed by atoms with Crippen LogP contribution in [0.25, 0.3) is 0 Å². The first-order valence-electron chi connectivity index (χ1n) is 8.95. The van der Waals surface area contributed by atoms with Crippen LogP contribution in [0.2, 0.25) is 0 Å². The Hall–Kier alpha value is -2.67. The number of anilines is 1. The summed E-state index contributed by atoms with van der Waals surface area (Å²) < 4.78 is 30.0. The summed E-state index contributed by atoms with van der Waals surface area (Å²) >= 11 is 0. The van der Waals surface area contributed by atoms with Gasteiger partial charge in [0.2, 0.25) is 11.8 Å². The van der Waals surface area contributed by atoms with Gasteiger partial charge in [0, 0.05) is 6.07 Å². The molecule has 2 aromatic rings. The van der Waals surface area contributed by atoms with Gasteiger partial charge in [-0.05, 0) is 37.1 Å². The molecule has 0 aromatic heterocycles. The van der Waals surface area contributed by atoms with Crippen molar-refractivity contribution in [1.29, 1.82) is 0 Å². The van der Waals surface area contributed by atoms with E-state index in [0.717, 1.165) is 25.7 Å². The van der Waals surface area contributed by atoms with Gasteiger partial charge in [-0.2, -0.15) is 8.42 Å². The molecule has 0 N–H and O–H groups in total. The Kier molecular flexibility index (Phi) is 4.47. The van der Waals surface area contributed by atoms with Gasteiger partial charge in [-0.15, -0.1) is 0 Å². The smallest absolute Gasteiger partial charge is 0.339 e. The minimum atomic E-state index is -3.99. The maximum absolute atomic E-state index is 12.7. The molecule has 0 spiro atoms. The highest BCUT2D eigenvalue weighted by Gasteiger charge is 2.48. The molecule has 0 radical (unpaired) electrons. The van der Waals surface area contributed by atoms with Crippen molar-refractivity contribution < 1.29 is 22.2 Å². The predicted molar refractivity (Wildman–Crippen MR) is 98.6 cm³/mol. The van der Waals surface area contributed by atoms with Crippen molar-refractivity contribution in [2.75, 3.05) is 4.90 Å². The molecule has 2 aromatic carbocycles. The molecule has 1 aliphatic heterocycles. The van der Waals surface area contributed by atoms with Crippen LogP contribution in [0.1, 0.15) is 25.7 Å². The van der Waals surface area contributed by atoms with Crippen molar-refractivity contribution >= 4 is 27.6 Å². The molecule has 1 heterocycles. The number of amides is 2. The largest absolute Gasteiger partial charge is 0.379 e. The third-order valence-electron chi connectivity index (χ3n) is 5.15. The zero-order chi connectivity index (χ0) is 19.0. The number of benzene rings is 2. The number of rotatable bonds is 4. The van der Waals surface area contributed by atoms with E-state index in [1.807, 2.05) is 0 Å². The van der Waals surface area contributed by atoms with Gasteiger partial charge in [0.25, 0.3) is 0 Å². The molecule has 140 valence electrons. The van der Waals surface area contributed by atoms with Crippen molar-refractivity contribution in [2.24, 2.45) is 11.8 Å². The Bertz CT molecular complexity index is 962. The maximum Gasteiger partial charge on any atom is 0.339 e. The van der Waals surface area contributed by atoms with Gasteiger partial charge < -0.3 is 4.18 Å². The molecule has 2 amide bonds. The van der Waals surface area contributed by atoms with Crippen LogP contribution in [0.5, 0.6) is 5.75 Å². The fourth-order valence-corrected chi connectivity index (χ4v) is 4.80. The normalized spacial score (nSPS) is 22.6. The van der Waals surface area contributed by atoms with E-state index in [9.17, 15) is 18.0 Å². The summed E-state index contributed by atoms with van der Waals surface area (Å²) in [5, 5.41) is 0. The lowest BCUT2D eigenvalue weighted by atomic mass is 9.81. The number of fused-ring (bicyclic) bond motifs is 1. The summed E-state index contributed by atoms with van der Waals surface area (Å²) in [6.45, 7) is 0. The van der Waals surface area contributed by atoms with Crippen molar-refractivity contribution in [2.45, 2.75) is 30.6 Å². The highest BCUT2D eigenvalue weighted by atomic mass is 32.2. The van der Waals surface area contributed by atoms with E-state index < -0.39 is 10.1 Å². The lowest BCUT2D eigenvalue weighted by Crippen LogP contribution is -2.30. The van der Waals surface area contributed by atoms with Crippen LogP contribution in [0.3, 0.4) is 0 Å². The fraction of sp³-hybridized carbons (Fsp3) is 0.300. The SMILES string of the molecule is O=C1[C@@H]2CCCC[C@H]2C(=O)N1c1cccc(OS(=O)(=O)c2ccccc2)c1. The van der Waals surface area contributed by atoms with Crippen LogP contribution in [0.4, 0.5) is 5.69 Å². The predicted octanol–water partition coefficient (Wildman–Crippen LogP) is 3.13. The second kappa shape index (κ2) is 6.81. The minimum absolute atomic E-state index is 0.0368. The number of carbonyl (C=O) groups excluding carboxylic acids is 2. The molecule has 6 nitrogen and oxygen atoms in total. The summed E-state index contributed by atoms with van der Waals surface area (Å²) in [5.74, 6) is -0.861. The molecule has 1 saturated carbocycles. The Morgan fingerprint density at radius 2 is 1.48 bits per heavy atom. The lowest BCUT2D eigenvalue weighted by molar-refractivity contribution is -0.122. The van der Waals surface area contributed by atoms with E-state index in [2.05, 4.69) is 0 Å². The molecule has 1 saturated heterocycles. The van der Waals surface area contributed by atoms with Gasteiger partial charge in [-0.1, -0.05) is 37.1 Å². The molecule has 0 bridgehead atoms. The number of carbonyl (C=O) groups is 2. The third-order valence-corrected chi connectivity index (χ3v) is 6.42. The molecule has 7 heteroatoms. The maximum atomic E-state index is 12.7. The van der Waals surface area contributed by atoms with Gasteiger partial charge in [-0.25, -0.2) is 4.90 Å². The van der Waals surface area contributed by atoms with Crippen LogP contribution in [0.15, 0.2) is 59.5 Å². The highest BCUT2D eigenvalue weighted by Crippen LogP contribution is 2.40. The van der Waals surface area contributed by atoms with Crippen LogP contribution >= 0.6 is 0 Å². The van der Waals surface area contributed by atoms with Gasteiger partial charge >= 0.3 is 10.1 Å². The second-order valence-electron chi connectivity index (χ2n) is 6.86. The third kappa shape index (κ3) is 3.23. The topological polar surface area (TPSA) is 80.8 Å². The first kappa shape index (κ1) is 17.7. The van der Waals surface area contributed by atoms with Crippen molar-refractivity contribution in [3.8, 4) is 5.75 Å². The van der Waals surface area contributed by atoms with Crippen molar-refractivity contribution in [3.63, 3.8) is 0 Å². The average molecular weight is 385 g/mol. The molecule has 4 rings (SSSR count). The van der Waals surface area contributed by atoms with Crippen LogP contribution in [-0.4, -0.2) is 20.2 Å². The first-order valence-corrected chi connectivity index (χ1v) is 10.4. The number of imide groups is 1. The molecule has 2 atom stereocenters. The molecular weight excluding hydrogens is 366 g/mol. The summed E-state index contributed by atoms with van der Waals surface area (Å²) in [6.07, 6.45) is 3.35. The second-order valence-corrected chi connectivity index (χ2v) is 8.40. The van der Waals surface area contributed by atoms with Gasteiger partial charge in [0.05, 0.1) is 17.5 Å². The standard InChI is InChI=1S/C20H19NO5S/c22-19-17-11-4-5-12-18(17)20(23)21(19)14-7-6-8-15(13-14)26-27(24,25)16-9-2-1-3-10-16/h1-3,6-10,13,17-18H,4-5,11-12H2/t17-,18-/m1/s1. The summed E-state index contributed by atoms with van der Waals surface area (Å²) in [5.41, 5.74) is 0.347. The Balaban J connectivity index is 1.62. The van der Waals surface area contributed by atoms with Gasteiger partial charge in [-0.3, -0.25) is 9.59 Å². The summed E-state index contributed by atoms with van der Waals surface area (Å²) in [7, 11) is -3.99. The molecule has 27 heavy (non-hydrogen) atoms. The van der Waals surface area contributed by atoms with E-state index in [-0.39, 0.29) is 34.3 Å². The van der Waals surface area contributed by atoms with Crippen molar-refractivity contribution in [1.82, 2.24) is 0 Å². The average Bonchev–Trinajstić information content (AvgIpc) is 2.93. The summed E-state index contributed by atoms with van der Waals surface area (Å²) in [6, 6.07) is 13.9. The van der Waals surface area contributed by atoms with E-state index in [4.69, 9.17) is 4.18 Å². The molecule has 2 aliphatic rings. The summed E-state index contributed by atoms with van der Waals surface area (Å²) in [4.78, 5) is 26.6. The van der Waals surface area contributed by atoms with E-state index in [1.165, 1.54) is 29.2 Å². The Morgan fingerprint density at radius 1 is 0.852 bits per heavy atom. The number of nitrogens with zero attached hydrogens (tertiary/aromatic N) is 1. The van der Waals surface area contributed by atoms with Gasteiger partial charge in [0.1, 0.15) is 10.6 Å². The fourth-order valence-electron chi connectivity index (χ4n) is 3.85. The molecule has 0 unspecified atom stereocenters. The molecule has 2 fully saturated rings. The molecule has 1 aliphatic carbocycles. The van der Waals surface area contributed by atoms with Crippen molar-refractivity contribution in [3.05, 3.63) is 54.6 Å². The zero-order valence-corrected chi connectivity index (χ0v) is 15.4. The zero-order valence-electron chi connectivity index (χ0n) is 14.6.